The quantitative estimate of drug-likeness (QED) is 0.781. The average Bonchev–Trinajstić information content (AvgIpc) is 2.36. The van der Waals surface area contributed by atoms with Crippen LogP contribution in [0.3, 0.4) is 0 Å². The van der Waals surface area contributed by atoms with Crippen molar-refractivity contribution in [2.45, 2.75) is 25.2 Å². The topological polar surface area (TPSA) is 83.5 Å². The van der Waals surface area contributed by atoms with E-state index in [9.17, 15) is 13.2 Å². The van der Waals surface area contributed by atoms with Crippen LogP contribution >= 0.6 is 0 Å². The highest BCUT2D eigenvalue weighted by molar-refractivity contribution is 7.89. The third-order valence-corrected chi connectivity index (χ3v) is 3.89. The molecule has 1 aromatic rings. The van der Waals surface area contributed by atoms with Gasteiger partial charge in [0, 0.05) is 12.1 Å². The molecule has 1 rings (SSSR count). The van der Waals surface area contributed by atoms with E-state index in [0.29, 0.717) is 18.5 Å². The number of benzene rings is 1. The number of carboxylic acid groups (broad SMARTS) is 1. The molecule has 2 N–H and O–H groups in total. The molecule has 104 valence electrons. The third kappa shape index (κ3) is 4.50. The Balaban J connectivity index is 3.07. The summed E-state index contributed by atoms with van der Waals surface area (Å²) >= 11 is 0. The van der Waals surface area contributed by atoms with Crippen molar-refractivity contribution in [2.75, 3.05) is 6.54 Å². The molecule has 0 atom stereocenters. The summed E-state index contributed by atoms with van der Waals surface area (Å²) in [6.45, 7) is 3.70. The lowest BCUT2D eigenvalue weighted by Crippen LogP contribution is -2.24. The molecule has 0 spiro atoms. The highest BCUT2D eigenvalue weighted by atomic mass is 32.2. The van der Waals surface area contributed by atoms with Crippen LogP contribution in [0.4, 0.5) is 0 Å². The predicted molar refractivity (Wildman–Crippen MR) is 73.2 cm³/mol. The Morgan fingerprint density at radius 3 is 2.68 bits per heavy atom. The van der Waals surface area contributed by atoms with Crippen molar-refractivity contribution in [3.05, 3.63) is 35.4 Å². The fourth-order valence-electron chi connectivity index (χ4n) is 1.40. The Bertz CT molecular complexity index is 590. The summed E-state index contributed by atoms with van der Waals surface area (Å²) in [6, 6.07) is 6.17. The van der Waals surface area contributed by atoms with Gasteiger partial charge in [0.15, 0.2) is 0 Å². The molecule has 0 aliphatic rings. The third-order valence-electron chi connectivity index (χ3n) is 2.43. The van der Waals surface area contributed by atoms with Gasteiger partial charge >= 0.3 is 5.97 Å². The molecule has 1 aromatic carbocycles. The van der Waals surface area contributed by atoms with Crippen LogP contribution in [-0.4, -0.2) is 26.0 Å². The first kappa shape index (κ1) is 15.4. The van der Waals surface area contributed by atoms with Crippen LogP contribution in [-0.2, 0) is 14.8 Å². The minimum atomic E-state index is -3.53. The van der Waals surface area contributed by atoms with Gasteiger partial charge in [-0.2, -0.15) is 0 Å². The average molecular weight is 283 g/mol. The maximum Gasteiger partial charge on any atom is 0.331 e. The molecule has 0 bridgehead atoms. The van der Waals surface area contributed by atoms with E-state index in [4.69, 9.17) is 5.11 Å². The Morgan fingerprint density at radius 1 is 1.42 bits per heavy atom. The normalized spacial score (nSPS) is 12.4. The number of hydrogen-bond acceptors (Lipinski definition) is 3. The van der Waals surface area contributed by atoms with Crippen molar-refractivity contribution >= 4 is 22.1 Å². The van der Waals surface area contributed by atoms with Crippen molar-refractivity contribution in [3.8, 4) is 0 Å². The van der Waals surface area contributed by atoms with Crippen LogP contribution in [0.2, 0.25) is 0 Å². The minimum Gasteiger partial charge on any atom is -0.478 e. The van der Waals surface area contributed by atoms with Gasteiger partial charge in [0.05, 0.1) is 4.90 Å². The molecule has 0 aromatic heterocycles. The monoisotopic (exact) mass is 283 g/mol. The molecule has 0 aliphatic heterocycles. The standard InChI is InChI=1S/C13H17NO4S/c1-3-7-14-19(17,18)12-6-4-5-11(9-12)8-10(2)13(15)16/h4-6,8-9,14H,3,7H2,1-2H3,(H,15,16). The summed E-state index contributed by atoms with van der Waals surface area (Å²) in [4.78, 5) is 10.9. The highest BCUT2D eigenvalue weighted by Gasteiger charge is 2.13. The minimum absolute atomic E-state index is 0.132. The second-order valence-corrected chi connectivity index (χ2v) is 5.87. The van der Waals surface area contributed by atoms with Crippen LogP contribution in [0.5, 0.6) is 0 Å². The van der Waals surface area contributed by atoms with Gasteiger partial charge < -0.3 is 5.11 Å². The maximum absolute atomic E-state index is 11.9. The molecule has 0 fully saturated rings. The molecular weight excluding hydrogens is 266 g/mol. The number of nitrogens with one attached hydrogen (secondary N) is 1. The van der Waals surface area contributed by atoms with E-state index < -0.39 is 16.0 Å². The van der Waals surface area contributed by atoms with Crippen LogP contribution in [0, 0.1) is 0 Å². The van der Waals surface area contributed by atoms with Crippen molar-refractivity contribution in [2.24, 2.45) is 0 Å². The summed E-state index contributed by atoms with van der Waals surface area (Å²) in [5.41, 5.74) is 0.690. The lowest BCUT2D eigenvalue weighted by molar-refractivity contribution is -0.132. The van der Waals surface area contributed by atoms with E-state index in [1.165, 1.54) is 25.1 Å². The van der Waals surface area contributed by atoms with E-state index in [1.807, 2.05) is 6.92 Å². The summed E-state index contributed by atoms with van der Waals surface area (Å²) in [5.74, 6) is -1.03. The Kier molecular flexibility index (Phi) is 5.26. The predicted octanol–water partition coefficient (Wildman–Crippen LogP) is 1.86. The number of carbonyl (C=O) groups is 1. The Labute approximate surface area is 113 Å². The van der Waals surface area contributed by atoms with Crippen LogP contribution in [0.1, 0.15) is 25.8 Å². The zero-order valence-electron chi connectivity index (χ0n) is 10.9. The maximum atomic E-state index is 11.9. The number of carboxylic acids is 1. The Hall–Kier alpha value is -1.66. The van der Waals surface area contributed by atoms with Crippen LogP contribution < -0.4 is 4.72 Å². The summed E-state index contributed by atoms with van der Waals surface area (Å²) < 4.78 is 26.3. The van der Waals surface area contributed by atoms with E-state index in [1.54, 1.807) is 12.1 Å². The molecule has 0 radical (unpaired) electrons. The second kappa shape index (κ2) is 6.49. The first-order valence-corrected chi connectivity index (χ1v) is 7.36. The molecule has 5 nitrogen and oxygen atoms in total. The van der Waals surface area contributed by atoms with Crippen LogP contribution in [0.25, 0.3) is 6.08 Å². The fourth-order valence-corrected chi connectivity index (χ4v) is 2.59. The zero-order valence-corrected chi connectivity index (χ0v) is 11.7. The summed E-state index contributed by atoms with van der Waals surface area (Å²) in [5, 5.41) is 8.79. The molecule has 19 heavy (non-hydrogen) atoms. The van der Waals surface area contributed by atoms with Gasteiger partial charge in [-0.15, -0.1) is 0 Å². The molecule has 0 aliphatic carbocycles. The van der Waals surface area contributed by atoms with E-state index >= 15 is 0 Å². The van der Waals surface area contributed by atoms with Gasteiger partial charge in [-0.3, -0.25) is 0 Å². The Morgan fingerprint density at radius 2 is 2.11 bits per heavy atom. The highest BCUT2D eigenvalue weighted by Crippen LogP contribution is 2.14. The van der Waals surface area contributed by atoms with E-state index in [2.05, 4.69) is 4.72 Å². The van der Waals surface area contributed by atoms with Crippen molar-refractivity contribution in [3.63, 3.8) is 0 Å². The molecule has 0 heterocycles. The van der Waals surface area contributed by atoms with Crippen molar-refractivity contribution < 1.29 is 18.3 Å². The fraction of sp³-hybridized carbons (Fsp3) is 0.308. The van der Waals surface area contributed by atoms with Gasteiger partial charge in [0.2, 0.25) is 10.0 Å². The van der Waals surface area contributed by atoms with Gasteiger partial charge in [-0.05, 0) is 37.1 Å². The first-order valence-electron chi connectivity index (χ1n) is 5.88. The van der Waals surface area contributed by atoms with Crippen molar-refractivity contribution in [1.82, 2.24) is 4.72 Å². The number of aliphatic carboxylic acids is 1. The number of rotatable bonds is 6. The van der Waals surface area contributed by atoms with Crippen molar-refractivity contribution in [1.29, 1.82) is 0 Å². The molecule has 0 amide bonds. The largest absolute Gasteiger partial charge is 0.478 e. The SMILES string of the molecule is CCCNS(=O)(=O)c1cccc(C=C(C)C(=O)O)c1. The smallest absolute Gasteiger partial charge is 0.331 e. The number of sulfonamides is 1. The van der Waals surface area contributed by atoms with Gasteiger partial charge in [-0.25, -0.2) is 17.9 Å². The zero-order chi connectivity index (χ0) is 14.5. The van der Waals surface area contributed by atoms with Gasteiger partial charge in [0.1, 0.15) is 0 Å². The molecule has 0 unspecified atom stereocenters. The van der Waals surface area contributed by atoms with Crippen LogP contribution in [0.15, 0.2) is 34.7 Å². The first-order chi connectivity index (χ1) is 8.86. The molecule has 0 saturated heterocycles. The van der Waals surface area contributed by atoms with E-state index in [-0.39, 0.29) is 10.5 Å². The second-order valence-electron chi connectivity index (χ2n) is 4.10. The van der Waals surface area contributed by atoms with E-state index in [0.717, 1.165) is 0 Å². The summed E-state index contributed by atoms with van der Waals surface area (Å²) in [7, 11) is -3.53. The lowest BCUT2D eigenvalue weighted by Gasteiger charge is -2.06. The molecular formula is C13H17NO4S. The van der Waals surface area contributed by atoms with Gasteiger partial charge in [-0.1, -0.05) is 19.1 Å². The molecule has 6 heteroatoms. The number of hydrogen-bond donors (Lipinski definition) is 2. The van der Waals surface area contributed by atoms with Gasteiger partial charge in [0.25, 0.3) is 0 Å². The lowest BCUT2D eigenvalue weighted by atomic mass is 10.1. The molecule has 0 saturated carbocycles. The summed E-state index contributed by atoms with van der Waals surface area (Å²) in [6.07, 6.45) is 2.14.